The maximum Gasteiger partial charge on any atom is 0.330 e. The van der Waals surface area contributed by atoms with Crippen LogP contribution in [0.15, 0.2) is 30.3 Å². The summed E-state index contributed by atoms with van der Waals surface area (Å²) in [5.41, 5.74) is 0.427. The fourth-order valence-electron chi connectivity index (χ4n) is 3.67. The molecule has 2 fully saturated rings. The number of amides is 3. The first-order valence-corrected chi connectivity index (χ1v) is 8.41. The van der Waals surface area contributed by atoms with Crippen LogP contribution in [0.2, 0.25) is 0 Å². The van der Waals surface area contributed by atoms with Gasteiger partial charge in [0.2, 0.25) is 17.7 Å². The molecule has 1 saturated heterocycles. The highest BCUT2D eigenvalue weighted by Crippen LogP contribution is 2.37. The molecule has 1 heterocycles. The lowest BCUT2D eigenvalue weighted by Crippen LogP contribution is -2.43. The van der Waals surface area contributed by atoms with Crippen molar-refractivity contribution >= 4 is 23.7 Å². The van der Waals surface area contributed by atoms with Crippen LogP contribution < -0.4 is 5.32 Å². The van der Waals surface area contributed by atoms with Crippen LogP contribution in [0, 0.1) is 11.8 Å². The molecular weight excluding hydrogens is 324 g/mol. The van der Waals surface area contributed by atoms with Gasteiger partial charge in [0, 0.05) is 0 Å². The minimum Gasteiger partial charge on any atom is -0.479 e. The number of hydrogen-bond acceptors (Lipinski definition) is 4. The lowest BCUT2D eigenvalue weighted by atomic mass is 9.81. The van der Waals surface area contributed by atoms with Crippen LogP contribution in [0.4, 0.5) is 0 Å². The molecule has 0 spiro atoms. The molecule has 3 rings (SSSR count). The fourth-order valence-corrected chi connectivity index (χ4v) is 3.67. The predicted octanol–water partition coefficient (Wildman–Crippen LogP) is 1.10. The first-order valence-electron chi connectivity index (χ1n) is 8.41. The van der Waals surface area contributed by atoms with Crippen LogP contribution in [0.25, 0.3) is 0 Å². The second kappa shape index (κ2) is 7.04. The molecule has 1 saturated carbocycles. The highest BCUT2D eigenvalue weighted by Gasteiger charge is 2.48. The van der Waals surface area contributed by atoms with Crippen molar-refractivity contribution in [2.24, 2.45) is 11.8 Å². The van der Waals surface area contributed by atoms with Crippen molar-refractivity contribution < 1.29 is 24.3 Å². The Morgan fingerprint density at radius 3 is 2.16 bits per heavy atom. The molecule has 0 bridgehead atoms. The van der Waals surface area contributed by atoms with Gasteiger partial charge in [-0.25, -0.2) is 4.79 Å². The summed E-state index contributed by atoms with van der Waals surface area (Å²) in [5, 5.41) is 11.7. The second-order valence-electron chi connectivity index (χ2n) is 6.51. The molecule has 2 aliphatic rings. The van der Waals surface area contributed by atoms with Crippen LogP contribution in [-0.4, -0.2) is 40.2 Å². The quantitative estimate of drug-likeness (QED) is 0.779. The Morgan fingerprint density at radius 2 is 1.64 bits per heavy atom. The van der Waals surface area contributed by atoms with E-state index in [4.69, 9.17) is 0 Å². The van der Waals surface area contributed by atoms with Gasteiger partial charge < -0.3 is 10.4 Å². The molecule has 1 aromatic rings. The minimum absolute atomic E-state index is 0.309. The maximum absolute atomic E-state index is 12.4. The SMILES string of the molecule is O=C(CN1C(=O)C2CCCCC2C1=O)N[C@H](C(=O)O)c1ccccc1. The number of hydrogen-bond donors (Lipinski definition) is 2. The molecule has 1 aliphatic heterocycles. The predicted molar refractivity (Wildman–Crippen MR) is 87.1 cm³/mol. The zero-order valence-electron chi connectivity index (χ0n) is 13.7. The van der Waals surface area contributed by atoms with Gasteiger partial charge in [0.25, 0.3) is 0 Å². The van der Waals surface area contributed by atoms with E-state index in [1.165, 1.54) is 0 Å². The van der Waals surface area contributed by atoms with E-state index in [0.717, 1.165) is 17.7 Å². The molecule has 3 atom stereocenters. The number of imide groups is 1. The molecule has 2 N–H and O–H groups in total. The Hall–Kier alpha value is -2.70. The molecule has 7 nitrogen and oxygen atoms in total. The van der Waals surface area contributed by atoms with Crippen molar-refractivity contribution in [1.82, 2.24) is 10.2 Å². The molecule has 7 heteroatoms. The number of rotatable bonds is 5. The monoisotopic (exact) mass is 344 g/mol. The van der Waals surface area contributed by atoms with Gasteiger partial charge in [0.15, 0.2) is 6.04 Å². The average molecular weight is 344 g/mol. The van der Waals surface area contributed by atoms with Crippen LogP contribution in [0.5, 0.6) is 0 Å². The highest BCUT2D eigenvalue weighted by atomic mass is 16.4. The van der Waals surface area contributed by atoms with Crippen molar-refractivity contribution in [3.05, 3.63) is 35.9 Å². The third-order valence-electron chi connectivity index (χ3n) is 4.92. The summed E-state index contributed by atoms with van der Waals surface area (Å²) in [5.74, 6) is -3.12. The molecule has 25 heavy (non-hydrogen) atoms. The maximum atomic E-state index is 12.4. The molecule has 2 unspecified atom stereocenters. The Bertz CT molecular complexity index is 679. The Balaban J connectivity index is 1.68. The van der Waals surface area contributed by atoms with Gasteiger partial charge in [-0.1, -0.05) is 43.2 Å². The standard InChI is InChI=1S/C18H20N2O5/c21-14(19-15(18(24)25)11-6-2-1-3-7-11)10-20-16(22)12-8-4-5-9-13(12)17(20)23/h1-3,6-7,12-13,15H,4-5,8-10H2,(H,19,21)(H,24,25)/t12?,13?,15-/m0/s1. The minimum atomic E-state index is -1.22. The van der Waals surface area contributed by atoms with Gasteiger partial charge in [0.1, 0.15) is 6.54 Å². The fraction of sp³-hybridized carbons (Fsp3) is 0.444. The summed E-state index contributed by atoms with van der Waals surface area (Å²) in [4.78, 5) is 49.5. The normalized spacial score (nSPS) is 23.9. The average Bonchev–Trinajstić information content (AvgIpc) is 2.85. The number of likely N-dealkylation sites (tertiary alicyclic amines) is 1. The number of carbonyl (C=O) groups is 4. The number of carbonyl (C=O) groups excluding carboxylic acids is 3. The van der Waals surface area contributed by atoms with Crippen molar-refractivity contribution in [1.29, 1.82) is 0 Å². The van der Waals surface area contributed by atoms with Crippen LogP contribution in [0.3, 0.4) is 0 Å². The van der Waals surface area contributed by atoms with Crippen molar-refractivity contribution in [2.45, 2.75) is 31.7 Å². The summed E-state index contributed by atoms with van der Waals surface area (Å²) >= 11 is 0. The third-order valence-corrected chi connectivity index (χ3v) is 4.92. The van der Waals surface area contributed by atoms with Crippen LogP contribution in [0.1, 0.15) is 37.3 Å². The number of carboxylic acids is 1. The first-order chi connectivity index (χ1) is 12.0. The zero-order chi connectivity index (χ0) is 18.0. The Labute approximate surface area is 145 Å². The van der Waals surface area contributed by atoms with Crippen molar-refractivity contribution in [3.8, 4) is 0 Å². The van der Waals surface area contributed by atoms with E-state index < -0.39 is 24.5 Å². The van der Waals surface area contributed by atoms with Gasteiger partial charge in [-0.05, 0) is 18.4 Å². The number of benzene rings is 1. The lowest BCUT2D eigenvalue weighted by molar-refractivity contribution is -0.145. The van der Waals surface area contributed by atoms with Gasteiger partial charge in [0.05, 0.1) is 11.8 Å². The van der Waals surface area contributed by atoms with Gasteiger partial charge >= 0.3 is 5.97 Å². The van der Waals surface area contributed by atoms with E-state index in [1.54, 1.807) is 30.3 Å². The summed E-state index contributed by atoms with van der Waals surface area (Å²) in [6, 6.07) is 7.07. The summed E-state index contributed by atoms with van der Waals surface area (Å²) < 4.78 is 0. The summed E-state index contributed by atoms with van der Waals surface area (Å²) in [6.07, 6.45) is 3.18. The van der Waals surface area contributed by atoms with Gasteiger partial charge in [-0.15, -0.1) is 0 Å². The first kappa shape index (κ1) is 17.1. The Kier molecular flexibility index (Phi) is 4.83. The largest absolute Gasteiger partial charge is 0.479 e. The van der Waals surface area contributed by atoms with E-state index >= 15 is 0 Å². The number of fused-ring (bicyclic) bond motifs is 1. The molecular formula is C18H20N2O5. The number of nitrogens with zero attached hydrogens (tertiary/aromatic N) is 1. The molecule has 0 radical (unpaired) electrons. The van der Waals surface area contributed by atoms with E-state index in [-0.39, 0.29) is 23.7 Å². The number of nitrogens with one attached hydrogen (secondary N) is 1. The van der Waals surface area contributed by atoms with E-state index in [0.29, 0.717) is 18.4 Å². The highest BCUT2D eigenvalue weighted by molar-refractivity contribution is 6.07. The van der Waals surface area contributed by atoms with E-state index in [1.807, 2.05) is 0 Å². The zero-order valence-corrected chi connectivity index (χ0v) is 13.7. The topological polar surface area (TPSA) is 104 Å². The lowest BCUT2D eigenvalue weighted by Gasteiger charge is -2.19. The van der Waals surface area contributed by atoms with E-state index in [9.17, 15) is 24.3 Å². The summed E-state index contributed by atoms with van der Waals surface area (Å²) in [7, 11) is 0. The summed E-state index contributed by atoms with van der Waals surface area (Å²) in [6.45, 7) is -0.429. The third kappa shape index (κ3) is 3.40. The molecule has 1 aromatic carbocycles. The van der Waals surface area contributed by atoms with Crippen molar-refractivity contribution in [2.75, 3.05) is 6.54 Å². The smallest absolute Gasteiger partial charge is 0.330 e. The molecule has 3 amide bonds. The van der Waals surface area contributed by atoms with Gasteiger partial charge in [-0.2, -0.15) is 0 Å². The molecule has 132 valence electrons. The Morgan fingerprint density at radius 1 is 1.08 bits per heavy atom. The van der Waals surface area contributed by atoms with Crippen molar-refractivity contribution in [3.63, 3.8) is 0 Å². The van der Waals surface area contributed by atoms with E-state index in [2.05, 4.69) is 5.32 Å². The molecule has 0 aromatic heterocycles. The number of carboxylic acid groups (broad SMARTS) is 1. The van der Waals surface area contributed by atoms with Crippen LogP contribution in [-0.2, 0) is 19.2 Å². The van der Waals surface area contributed by atoms with Crippen LogP contribution >= 0.6 is 0 Å². The number of aliphatic carboxylic acids is 1. The second-order valence-corrected chi connectivity index (χ2v) is 6.51. The molecule has 1 aliphatic carbocycles. The van der Waals surface area contributed by atoms with Gasteiger partial charge in [-0.3, -0.25) is 19.3 Å².